The minimum Gasteiger partial charge on any atom is -0.496 e. The predicted molar refractivity (Wildman–Crippen MR) is 94.5 cm³/mol. The fourth-order valence-electron chi connectivity index (χ4n) is 2.10. The van der Waals surface area contributed by atoms with Gasteiger partial charge in [-0.3, -0.25) is 4.79 Å². The second-order valence-corrected chi connectivity index (χ2v) is 5.52. The number of para-hydroxylation sites is 2. The Hall–Kier alpha value is -2.73. The molecular formula is C18H18ClNO5. The maximum Gasteiger partial charge on any atom is 0.342 e. The summed E-state index contributed by atoms with van der Waals surface area (Å²) in [6.45, 7) is 1.47. The second kappa shape index (κ2) is 8.39. The summed E-state index contributed by atoms with van der Waals surface area (Å²) in [6.07, 6.45) is -1.03. The van der Waals surface area contributed by atoms with Crippen LogP contribution in [0.4, 0.5) is 5.69 Å². The largest absolute Gasteiger partial charge is 0.496 e. The number of rotatable bonds is 6. The minimum absolute atomic E-state index is 0.145. The van der Waals surface area contributed by atoms with Crippen molar-refractivity contribution in [3.05, 3.63) is 53.1 Å². The Morgan fingerprint density at radius 1 is 1.04 bits per heavy atom. The molecule has 2 rings (SSSR count). The van der Waals surface area contributed by atoms with Crippen molar-refractivity contribution in [3.8, 4) is 11.5 Å². The number of nitrogens with one attached hydrogen (secondary N) is 1. The summed E-state index contributed by atoms with van der Waals surface area (Å²) in [4.78, 5) is 24.6. The van der Waals surface area contributed by atoms with Gasteiger partial charge in [-0.05, 0) is 37.3 Å². The van der Waals surface area contributed by atoms with Gasteiger partial charge in [0.2, 0.25) is 0 Å². The lowest BCUT2D eigenvalue weighted by atomic mass is 10.2. The van der Waals surface area contributed by atoms with Crippen molar-refractivity contribution in [2.75, 3.05) is 19.5 Å². The summed E-state index contributed by atoms with van der Waals surface area (Å²) in [7, 11) is 2.93. The summed E-state index contributed by atoms with van der Waals surface area (Å²) >= 11 is 5.90. The molecular weight excluding hydrogens is 346 g/mol. The first-order valence-corrected chi connectivity index (χ1v) is 7.82. The summed E-state index contributed by atoms with van der Waals surface area (Å²) in [6, 6.07) is 11.5. The molecule has 0 radical (unpaired) electrons. The zero-order valence-corrected chi connectivity index (χ0v) is 14.8. The zero-order valence-electron chi connectivity index (χ0n) is 14.0. The Kier molecular flexibility index (Phi) is 6.25. The van der Waals surface area contributed by atoms with Crippen LogP contribution in [0.1, 0.15) is 17.3 Å². The van der Waals surface area contributed by atoms with E-state index in [-0.39, 0.29) is 5.56 Å². The van der Waals surface area contributed by atoms with E-state index in [0.717, 1.165) is 0 Å². The number of benzene rings is 2. The molecule has 0 aromatic heterocycles. The number of carbonyl (C=O) groups is 2. The van der Waals surface area contributed by atoms with E-state index in [1.807, 2.05) is 0 Å². The highest BCUT2D eigenvalue weighted by Gasteiger charge is 2.22. The van der Waals surface area contributed by atoms with Crippen LogP contribution in [0.15, 0.2) is 42.5 Å². The van der Waals surface area contributed by atoms with E-state index in [9.17, 15) is 9.59 Å². The maximum atomic E-state index is 12.3. The Labute approximate surface area is 150 Å². The number of halogens is 1. The number of hydrogen-bond acceptors (Lipinski definition) is 5. The van der Waals surface area contributed by atoms with E-state index in [0.29, 0.717) is 22.2 Å². The molecule has 0 spiro atoms. The van der Waals surface area contributed by atoms with Crippen LogP contribution in [-0.4, -0.2) is 32.2 Å². The van der Waals surface area contributed by atoms with Crippen LogP contribution < -0.4 is 14.8 Å². The lowest BCUT2D eigenvalue weighted by Crippen LogP contribution is -2.30. The highest BCUT2D eigenvalue weighted by molar-refractivity contribution is 6.31. The molecule has 1 atom stereocenters. The summed E-state index contributed by atoms with van der Waals surface area (Å²) in [5.74, 6) is -0.376. The summed E-state index contributed by atoms with van der Waals surface area (Å²) in [5, 5.41) is 3.02. The van der Waals surface area contributed by atoms with Crippen LogP contribution >= 0.6 is 11.6 Å². The first-order chi connectivity index (χ1) is 12.0. The molecule has 0 bridgehead atoms. The molecule has 2 aromatic rings. The topological polar surface area (TPSA) is 73.9 Å². The molecule has 0 aliphatic carbocycles. The summed E-state index contributed by atoms with van der Waals surface area (Å²) in [5.41, 5.74) is 0.630. The van der Waals surface area contributed by atoms with Gasteiger partial charge in [0.1, 0.15) is 17.1 Å². The number of ether oxygens (including phenoxy) is 3. The van der Waals surface area contributed by atoms with Crippen LogP contribution in [0.2, 0.25) is 5.02 Å². The molecule has 0 aliphatic heterocycles. The quantitative estimate of drug-likeness (QED) is 0.794. The molecule has 6 nitrogen and oxygen atoms in total. The third-order valence-corrected chi connectivity index (χ3v) is 3.63. The normalized spacial score (nSPS) is 11.4. The van der Waals surface area contributed by atoms with Crippen molar-refractivity contribution in [1.82, 2.24) is 0 Å². The van der Waals surface area contributed by atoms with Crippen molar-refractivity contribution in [2.45, 2.75) is 13.0 Å². The molecule has 132 valence electrons. The Balaban J connectivity index is 2.08. The van der Waals surface area contributed by atoms with E-state index >= 15 is 0 Å². The highest BCUT2D eigenvalue weighted by atomic mass is 35.5. The van der Waals surface area contributed by atoms with Crippen LogP contribution in [0.3, 0.4) is 0 Å². The second-order valence-electron chi connectivity index (χ2n) is 5.08. The molecule has 0 heterocycles. The molecule has 1 N–H and O–H groups in total. The molecule has 25 heavy (non-hydrogen) atoms. The number of methoxy groups -OCH3 is 2. The average Bonchev–Trinajstić information content (AvgIpc) is 2.61. The van der Waals surface area contributed by atoms with Gasteiger partial charge in [-0.1, -0.05) is 23.7 Å². The molecule has 0 unspecified atom stereocenters. The van der Waals surface area contributed by atoms with E-state index < -0.39 is 18.0 Å². The number of esters is 1. The highest BCUT2D eigenvalue weighted by Crippen LogP contribution is 2.25. The summed E-state index contributed by atoms with van der Waals surface area (Å²) < 4.78 is 15.5. The van der Waals surface area contributed by atoms with Crippen LogP contribution in [0.25, 0.3) is 0 Å². The maximum absolute atomic E-state index is 12.3. The fourth-order valence-corrected chi connectivity index (χ4v) is 2.27. The Morgan fingerprint density at radius 2 is 1.72 bits per heavy atom. The lowest BCUT2D eigenvalue weighted by Gasteiger charge is -2.16. The van der Waals surface area contributed by atoms with Gasteiger partial charge in [0, 0.05) is 5.02 Å². The van der Waals surface area contributed by atoms with Gasteiger partial charge in [-0.2, -0.15) is 0 Å². The van der Waals surface area contributed by atoms with Crippen LogP contribution in [-0.2, 0) is 9.53 Å². The van der Waals surface area contributed by atoms with Gasteiger partial charge in [-0.25, -0.2) is 4.79 Å². The smallest absolute Gasteiger partial charge is 0.342 e. The molecule has 0 saturated heterocycles. The standard InChI is InChI=1S/C18H18ClNO5/c1-11(17(21)20-14-6-4-5-7-16(14)24-3)25-18(22)13-10-12(19)8-9-15(13)23-2/h4-11H,1-3H3,(H,20,21)/t11-/m1/s1. The van der Waals surface area contributed by atoms with E-state index in [1.54, 1.807) is 36.4 Å². The van der Waals surface area contributed by atoms with Gasteiger partial charge in [-0.15, -0.1) is 0 Å². The van der Waals surface area contributed by atoms with Crippen molar-refractivity contribution < 1.29 is 23.8 Å². The number of carbonyl (C=O) groups excluding carboxylic acids is 2. The van der Waals surface area contributed by atoms with Gasteiger partial charge < -0.3 is 19.5 Å². The van der Waals surface area contributed by atoms with E-state index in [1.165, 1.54) is 27.2 Å². The number of amides is 1. The van der Waals surface area contributed by atoms with Crippen molar-refractivity contribution in [3.63, 3.8) is 0 Å². The predicted octanol–water partition coefficient (Wildman–Crippen LogP) is 3.54. The van der Waals surface area contributed by atoms with Gasteiger partial charge >= 0.3 is 5.97 Å². The third kappa shape index (κ3) is 4.64. The molecule has 0 saturated carbocycles. The molecule has 2 aromatic carbocycles. The van der Waals surface area contributed by atoms with Crippen molar-refractivity contribution >= 4 is 29.2 Å². The lowest BCUT2D eigenvalue weighted by molar-refractivity contribution is -0.123. The van der Waals surface area contributed by atoms with Gasteiger partial charge in [0.05, 0.1) is 19.9 Å². The molecule has 0 aliphatic rings. The van der Waals surface area contributed by atoms with Gasteiger partial charge in [0.25, 0.3) is 5.91 Å². The van der Waals surface area contributed by atoms with Crippen molar-refractivity contribution in [1.29, 1.82) is 0 Å². The van der Waals surface area contributed by atoms with Crippen molar-refractivity contribution in [2.24, 2.45) is 0 Å². The monoisotopic (exact) mass is 363 g/mol. The van der Waals surface area contributed by atoms with Crippen LogP contribution in [0, 0.1) is 0 Å². The Bertz CT molecular complexity index is 778. The fraction of sp³-hybridized carbons (Fsp3) is 0.222. The molecule has 7 heteroatoms. The first-order valence-electron chi connectivity index (χ1n) is 7.44. The Morgan fingerprint density at radius 3 is 2.40 bits per heavy atom. The number of anilines is 1. The SMILES string of the molecule is COc1ccccc1NC(=O)[C@@H](C)OC(=O)c1cc(Cl)ccc1OC. The van der Waals surface area contributed by atoms with E-state index in [2.05, 4.69) is 5.32 Å². The minimum atomic E-state index is -1.03. The van der Waals surface area contributed by atoms with Crippen LogP contribution in [0.5, 0.6) is 11.5 Å². The van der Waals surface area contributed by atoms with Gasteiger partial charge in [0.15, 0.2) is 6.10 Å². The third-order valence-electron chi connectivity index (χ3n) is 3.40. The molecule has 0 fully saturated rings. The van der Waals surface area contributed by atoms with E-state index in [4.69, 9.17) is 25.8 Å². The zero-order chi connectivity index (χ0) is 18.4. The number of hydrogen-bond donors (Lipinski definition) is 1. The first kappa shape index (κ1) is 18.6. The average molecular weight is 364 g/mol. The molecule has 1 amide bonds.